The highest BCUT2D eigenvalue weighted by Crippen LogP contribution is 2.41. The number of likely N-dealkylation sites (tertiary alicyclic amines) is 1. The zero-order valence-electron chi connectivity index (χ0n) is 11.4. The summed E-state index contributed by atoms with van der Waals surface area (Å²) in [5, 5.41) is 32.3. The molecule has 0 saturated carbocycles. The minimum atomic E-state index is -1.41. The van der Waals surface area contributed by atoms with E-state index in [1.807, 2.05) is 6.92 Å². The molecule has 8 heteroatoms. The van der Waals surface area contributed by atoms with Crippen LogP contribution >= 0.6 is 0 Å². The number of aliphatic hydroxyl groups is 1. The highest BCUT2D eigenvalue weighted by molar-refractivity contribution is 5.17. The molecular formula is C12H19N3O5. The molecule has 0 amide bonds. The molecule has 1 heterocycles. The van der Waals surface area contributed by atoms with Crippen molar-refractivity contribution in [3.63, 3.8) is 0 Å². The fraction of sp³-hybridized carbons (Fsp3) is 0.833. The van der Waals surface area contributed by atoms with E-state index in [0.29, 0.717) is 6.42 Å². The van der Waals surface area contributed by atoms with E-state index in [1.165, 1.54) is 6.08 Å². The normalized spacial score (nSPS) is 34.7. The average Bonchev–Trinajstić information content (AvgIpc) is 2.39. The molecule has 8 nitrogen and oxygen atoms in total. The van der Waals surface area contributed by atoms with Gasteiger partial charge in [0.25, 0.3) is 5.54 Å². The molecule has 2 aliphatic rings. The molecule has 3 atom stereocenters. The summed E-state index contributed by atoms with van der Waals surface area (Å²) in [5.74, 6) is 0. The van der Waals surface area contributed by atoms with Crippen molar-refractivity contribution in [2.75, 3.05) is 19.7 Å². The first-order valence-electron chi connectivity index (χ1n) is 6.71. The second-order valence-corrected chi connectivity index (χ2v) is 5.78. The minimum absolute atomic E-state index is 0.0745. The summed E-state index contributed by atoms with van der Waals surface area (Å²) < 4.78 is 0. The minimum Gasteiger partial charge on any atom is -0.395 e. The van der Waals surface area contributed by atoms with E-state index in [-0.39, 0.29) is 43.5 Å². The lowest BCUT2D eigenvalue weighted by molar-refractivity contribution is -0.620. The van der Waals surface area contributed by atoms with Crippen LogP contribution in [0.1, 0.15) is 26.2 Å². The Morgan fingerprint density at radius 2 is 2.05 bits per heavy atom. The molecule has 1 aliphatic heterocycles. The highest BCUT2D eigenvalue weighted by atomic mass is 16.6. The van der Waals surface area contributed by atoms with Crippen LogP contribution in [0.2, 0.25) is 0 Å². The van der Waals surface area contributed by atoms with Crippen molar-refractivity contribution < 1.29 is 15.0 Å². The van der Waals surface area contributed by atoms with Gasteiger partial charge in [-0.3, -0.25) is 25.1 Å². The Labute approximate surface area is 116 Å². The number of hydrogen-bond donors (Lipinski definition) is 1. The average molecular weight is 285 g/mol. The molecule has 1 fully saturated rings. The van der Waals surface area contributed by atoms with Crippen molar-refractivity contribution >= 4 is 0 Å². The molecule has 0 unspecified atom stereocenters. The Morgan fingerprint density at radius 1 is 1.35 bits per heavy atom. The van der Waals surface area contributed by atoms with Crippen LogP contribution in [0.4, 0.5) is 0 Å². The van der Waals surface area contributed by atoms with E-state index in [1.54, 1.807) is 11.0 Å². The number of nitrogens with zero attached hydrogens (tertiary/aromatic N) is 3. The van der Waals surface area contributed by atoms with Crippen LogP contribution in [0.25, 0.3) is 0 Å². The van der Waals surface area contributed by atoms with E-state index in [4.69, 9.17) is 0 Å². The maximum atomic E-state index is 11.5. The zero-order valence-corrected chi connectivity index (χ0v) is 11.4. The van der Waals surface area contributed by atoms with Gasteiger partial charge >= 0.3 is 0 Å². The monoisotopic (exact) mass is 285 g/mol. The van der Waals surface area contributed by atoms with Gasteiger partial charge in [0.1, 0.15) is 0 Å². The first kappa shape index (κ1) is 14.9. The van der Waals surface area contributed by atoms with Crippen LogP contribution in [-0.4, -0.2) is 56.7 Å². The van der Waals surface area contributed by atoms with Gasteiger partial charge in [-0.15, -0.1) is 0 Å². The second kappa shape index (κ2) is 5.10. The van der Waals surface area contributed by atoms with Crippen molar-refractivity contribution in [2.45, 2.75) is 43.3 Å². The summed E-state index contributed by atoms with van der Waals surface area (Å²) >= 11 is 0. The highest BCUT2D eigenvalue weighted by Gasteiger charge is 2.62. The van der Waals surface area contributed by atoms with Crippen LogP contribution in [-0.2, 0) is 0 Å². The number of rotatable bonds is 5. The van der Waals surface area contributed by atoms with E-state index >= 15 is 0 Å². The Balaban J connectivity index is 2.41. The standard InChI is InChI=1S/C12H19N3O5/c1-2-10(6-16)13-8-11(14(17)18)4-3-5-12(7-11,9-13)15(19)20/h3-4,10,16H,2,5-9H2,1H3/t10-,11-,12-/m0/s1. The van der Waals surface area contributed by atoms with Gasteiger partial charge in [-0.1, -0.05) is 13.0 Å². The predicted molar refractivity (Wildman–Crippen MR) is 70.6 cm³/mol. The van der Waals surface area contributed by atoms with Crippen molar-refractivity contribution in [1.82, 2.24) is 4.90 Å². The first-order chi connectivity index (χ1) is 9.39. The van der Waals surface area contributed by atoms with E-state index in [0.717, 1.165) is 0 Å². The first-order valence-corrected chi connectivity index (χ1v) is 6.71. The van der Waals surface area contributed by atoms with E-state index < -0.39 is 16.0 Å². The molecule has 0 aromatic rings. The van der Waals surface area contributed by atoms with Gasteiger partial charge in [0.05, 0.1) is 26.1 Å². The van der Waals surface area contributed by atoms with Crippen LogP contribution in [0.5, 0.6) is 0 Å². The van der Waals surface area contributed by atoms with Crippen LogP contribution in [0.3, 0.4) is 0 Å². The van der Waals surface area contributed by atoms with Crippen molar-refractivity contribution in [2.24, 2.45) is 0 Å². The third kappa shape index (κ3) is 2.18. The zero-order chi connectivity index (χ0) is 15.0. The van der Waals surface area contributed by atoms with Crippen molar-refractivity contribution in [1.29, 1.82) is 0 Å². The number of fused-ring (bicyclic) bond motifs is 2. The van der Waals surface area contributed by atoms with Gasteiger partial charge in [0.2, 0.25) is 5.54 Å². The molecule has 20 heavy (non-hydrogen) atoms. The van der Waals surface area contributed by atoms with Gasteiger partial charge in [0.15, 0.2) is 0 Å². The summed E-state index contributed by atoms with van der Waals surface area (Å²) in [6.07, 6.45) is 3.78. The lowest BCUT2D eigenvalue weighted by Gasteiger charge is -2.46. The predicted octanol–water partition coefficient (Wildman–Crippen LogP) is 0.454. The molecule has 0 spiro atoms. The summed E-state index contributed by atoms with van der Waals surface area (Å²) in [6, 6.07) is -0.277. The molecule has 1 aliphatic carbocycles. The summed E-state index contributed by atoms with van der Waals surface area (Å²) in [5.41, 5.74) is -2.73. The quantitative estimate of drug-likeness (QED) is 0.446. The molecule has 2 rings (SSSR count). The van der Waals surface area contributed by atoms with Crippen molar-refractivity contribution in [3.05, 3.63) is 32.4 Å². The fourth-order valence-electron chi connectivity index (χ4n) is 3.35. The van der Waals surface area contributed by atoms with Gasteiger partial charge in [-0.25, -0.2) is 0 Å². The van der Waals surface area contributed by atoms with Crippen LogP contribution in [0, 0.1) is 20.2 Å². The molecule has 0 radical (unpaired) electrons. The maximum absolute atomic E-state index is 11.5. The summed E-state index contributed by atoms with van der Waals surface area (Å²) in [7, 11) is 0. The Hall–Kier alpha value is -1.54. The molecule has 112 valence electrons. The molecule has 1 N–H and O–H groups in total. The lowest BCUT2D eigenvalue weighted by atomic mass is 9.71. The van der Waals surface area contributed by atoms with Gasteiger partial charge in [0, 0.05) is 22.3 Å². The smallest absolute Gasteiger partial charge is 0.259 e. The number of aliphatic hydroxyl groups excluding tert-OH is 1. The molecule has 0 aromatic heterocycles. The van der Waals surface area contributed by atoms with Gasteiger partial charge < -0.3 is 5.11 Å². The molecule has 1 saturated heterocycles. The third-order valence-corrected chi connectivity index (χ3v) is 4.48. The largest absolute Gasteiger partial charge is 0.395 e. The molecule has 2 bridgehead atoms. The summed E-state index contributed by atoms with van der Waals surface area (Å²) in [6.45, 7) is 1.98. The Kier molecular flexibility index (Phi) is 3.79. The van der Waals surface area contributed by atoms with Gasteiger partial charge in [-0.2, -0.15) is 0 Å². The lowest BCUT2D eigenvalue weighted by Crippen LogP contribution is -2.67. The fourth-order valence-corrected chi connectivity index (χ4v) is 3.35. The second-order valence-electron chi connectivity index (χ2n) is 5.78. The SMILES string of the molecule is CC[C@@H](CO)N1C[C@]2([N+](=O)[O-])C=CC[C@@]([N+](=O)[O-])(C1)C2. The van der Waals surface area contributed by atoms with Crippen LogP contribution in [0.15, 0.2) is 12.2 Å². The third-order valence-electron chi connectivity index (χ3n) is 4.48. The number of piperidine rings is 1. The maximum Gasteiger partial charge on any atom is 0.259 e. The van der Waals surface area contributed by atoms with E-state index in [9.17, 15) is 25.3 Å². The summed E-state index contributed by atoms with van der Waals surface area (Å²) in [4.78, 5) is 23.8. The van der Waals surface area contributed by atoms with Crippen LogP contribution < -0.4 is 0 Å². The Morgan fingerprint density at radius 3 is 2.55 bits per heavy atom. The Bertz CT molecular complexity index is 450. The van der Waals surface area contributed by atoms with Crippen molar-refractivity contribution in [3.8, 4) is 0 Å². The topological polar surface area (TPSA) is 110 Å². The number of hydrogen-bond acceptors (Lipinski definition) is 6. The number of nitro groups is 2. The molecular weight excluding hydrogens is 266 g/mol. The molecule has 0 aromatic carbocycles. The van der Waals surface area contributed by atoms with E-state index in [2.05, 4.69) is 0 Å². The van der Waals surface area contributed by atoms with Gasteiger partial charge in [-0.05, 0) is 12.5 Å².